The van der Waals surface area contributed by atoms with Gasteiger partial charge in [-0.05, 0) is 5.41 Å². The fourth-order valence-electron chi connectivity index (χ4n) is 1.79. The Morgan fingerprint density at radius 1 is 1.20 bits per heavy atom. The zero-order chi connectivity index (χ0) is 11.8. The summed E-state index contributed by atoms with van der Waals surface area (Å²) in [6.07, 6.45) is -6.30. The van der Waals surface area contributed by atoms with Crippen molar-refractivity contribution in [3.63, 3.8) is 0 Å². The van der Waals surface area contributed by atoms with E-state index in [4.69, 9.17) is 9.84 Å². The quantitative estimate of drug-likeness (QED) is 0.577. The van der Waals surface area contributed by atoms with Crippen LogP contribution in [0, 0.1) is 5.41 Å². The van der Waals surface area contributed by atoms with Gasteiger partial charge < -0.3 is 20.1 Å². The van der Waals surface area contributed by atoms with Gasteiger partial charge in [-0.15, -0.1) is 0 Å². The summed E-state index contributed by atoms with van der Waals surface area (Å²) in [6.45, 7) is 4.96. The molecule has 0 amide bonds. The molecule has 0 spiro atoms. The molecule has 1 heterocycles. The second kappa shape index (κ2) is 4.33. The lowest BCUT2D eigenvalue weighted by molar-refractivity contribution is -0.235. The summed E-state index contributed by atoms with van der Waals surface area (Å²) < 4.78 is 18.8. The van der Waals surface area contributed by atoms with Crippen LogP contribution in [0.4, 0.5) is 4.39 Å². The SMILES string of the molecule is CC(C)(C)[C@@H]1OC(CO)[C@@H](O)[C@H](F)C1O. The predicted molar refractivity (Wildman–Crippen MR) is 52.1 cm³/mol. The Morgan fingerprint density at radius 2 is 1.73 bits per heavy atom. The third-order valence-electron chi connectivity index (χ3n) is 2.70. The number of halogens is 1. The van der Waals surface area contributed by atoms with Crippen LogP contribution in [0.2, 0.25) is 0 Å². The summed E-state index contributed by atoms with van der Waals surface area (Å²) in [4.78, 5) is 0. The Balaban J connectivity index is 2.83. The average molecular weight is 222 g/mol. The van der Waals surface area contributed by atoms with Crippen LogP contribution in [-0.4, -0.2) is 52.5 Å². The molecule has 0 saturated carbocycles. The van der Waals surface area contributed by atoms with Crippen molar-refractivity contribution in [2.75, 3.05) is 6.61 Å². The number of aliphatic hydroxyl groups is 3. The monoisotopic (exact) mass is 222 g/mol. The minimum Gasteiger partial charge on any atom is -0.394 e. The third-order valence-corrected chi connectivity index (χ3v) is 2.70. The Kier molecular flexibility index (Phi) is 3.71. The van der Waals surface area contributed by atoms with E-state index in [9.17, 15) is 14.6 Å². The molecular weight excluding hydrogens is 203 g/mol. The second-order valence-corrected chi connectivity index (χ2v) is 5.07. The first-order valence-corrected chi connectivity index (χ1v) is 5.05. The van der Waals surface area contributed by atoms with E-state index >= 15 is 0 Å². The lowest BCUT2D eigenvalue weighted by Crippen LogP contribution is -2.60. The largest absolute Gasteiger partial charge is 0.394 e. The summed E-state index contributed by atoms with van der Waals surface area (Å²) in [7, 11) is 0. The number of alkyl halides is 1. The van der Waals surface area contributed by atoms with Crippen molar-refractivity contribution in [2.45, 2.75) is 51.4 Å². The number of ether oxygens (including phenoxy) is 1. The number of hydrogen-bond donors (Lipinski definition) is 3. The van der Waals surface area contributed by atoms with Crippen molar-refractivity contribution in [1.29, 1.82) is 0 Å². The molecule has 0 radical (unpaired) electrons. The van der Waals surface area contributed by atoms with Crippen molar-refractivity contribution in [3.8, 4) is 0 Å². The Hall–Kier alpha value is -0.230. The van der Waals surface area contributed by atoms with Gasteiger partial charge in [0.15, 0.2) is 6.17 Å². The Labute approximate surface area is 88.7 Å². The van der Waals surface area contributed by atoms with E-state index in [1.807, 2.05) is 0 Å². The molecule has 0 aromatic heterocycles. The lowest BCUT2D eigenvalue weighted by Gasteiger charge is -2.44. The van der Waals surface area contributed by atoms with Gasteiger partial charge >= 0.3 is 0 Å². The maximum absolute atomic E-state index is 13.5. The smallest absolute Gasteiger partial charge is 0.157 e. The Morgan fingerprint density at radius 3 is 2.13 bits per heavy atom. The van der Waals surface area contributed by atoms with Gasteiger partial charge in [0.05, 0.1) is 12.7 Å². The van der Waals surface area contributed by atoms with Gasteiger partial charge in [0.25, 0.3) is 0 Å². The van der Waals surface area contributed by atoms with Crippen LogP contribution in [0.5, 0.6) is 0 Å². The average Bonchev–Trinajstić information content (AvgIpc) is 2.13. The standard InChI is InChI=1S/C10H19FO4/c1-10(2,3)9-8(14)6(11)7(13)5(4-12)15-9/h5-9,12-14H,4H2,1-3H3/t5?,6-,7+,8?,9+/m0/s1. The molecule has 1 fully saturated rings. The number of rotatable bonds is 1. The molecule has 4 nitrogen and oxygen atoms in total. The van der Waals surface area contributed by atoms with Crippen LogP contribution in [-0.2, 0) is 4.74 Å². The molecule has 1 aliphatic rings. The maximum Gasteiger partial charge on any atom is 0.157 e. The lowest BCUT2D eigenvalue weighted by atomic mass is 9.81. The first-order valence-electron chi connectivity index (χ1n) is 5.05. The number of aliphatic hydroxyl groups excluding tert-OH is 3. The Bertz CT molecular complexity index is 214. The fourth-order valence-corrected chi connectivity index (χ4v) is 1.79. The highest BCUT2D eigenvalue weighted by Gasteiger charge is 2.48. The highest BCUT2D eigenvalue weighted by atomic mass is 19.1. The molecule has 2 unspecified atom stereocenters. The van der Waals surface area contributed by atoms with E-state index in [1.54, 1.807) is 20.8 Å². The summed E-state index contributed by atoms with van der Waals surface area (Å²) in [5.41, 5.74) is -0.447. The van der Waals surface area contributed by atoms with Gasteiger partial charge in [0.1, 0.15) is 18.3 Å². The van der Waals surface area contributed by atoms with Crippen LogP contribution in [0.3, 0.4) is 0 Å². The second-order valence-electron chi connectivity index (χ2n) is 5.07. The van der Waals surface area contributed by atoms with Crippen LogP contribution in [0.15, 0.2) is 0 Å². The summed E-state index contributed by atoms with van der Waals surface area (Å²) >= 11 is 0. The number of hydrogen-bond acceptors (Lipinski definition) is 4. The first kappa shape index (κ1) is 12.8. The predicted octanol–water partition coefficient (Wildman–Crippen LogP) is -0.148. The van der Waals surface area contributed by atoms with Gasteiger partial charge in [-0.2, -0.15) is 0 Å². The van der Waals surface area contributed by atoms with Crippen LogP contribution >= 0.6 is 0 Å². The molecule has 1 saturated heterocycles. The van der Waals surface area contributed by atoms with E-state index in [-0.39, 0.29) is 0 Å². The molecule has 0 aliphatic carbocycles. The zero-order valence-corrected chi connectivity index (χ0v) is 9.22. The van der Waals surface area contributed by atoms with E-state index < -0.39 is 42.6 Å². The van der Waals surface area contributed by atoms with E-state index in [2.05, 4.69) is 0 Å². The van der Waals surface area contributed by atoms with E-state index in [0.717, 1.165) is 0 Å². The van der Waals surface area contributed by atoms with Crippen molar-refractivity contribution in [3.05, 3.63) is 0 Å². The molecule has 15 heavy (non-hydrogen) atoms. The van der Waals surface area contributed by atoms with Crippen molar-refractivity contribution >= 4 is 0 Å². The van der Waals surface area contributed by atoms with Gasteiger partial charge in [-0.25, -0.2) is 4.39 Å². The van der Waals surface area contributed by atoms with Gasteiger partial charge in [-0.3, -0.25) is 0 Å². The summed E-state index contributed by atoms with van der Waals surface area (Å²) in [5, 5.41) is 27.9. The molecule has 0 aromatic carbocycles. The van der Waals surface area contributed by atoms with Gasteiger partial charge in [0, 0.05) is 0 Å². The fraction of sp³-hybridized carbons (Fsp3) is 1.00. The van der Waals surface area contributed by atoms with Gasteiger partial charge in [-0.1, -0.05) is 20.8 Å². The highest BCUT2D eigenvalue weighted by Crippen LogP contribution is 2.33. The van der Waals surface area contributed by atoms with Crippen LogP contribution in [0.25, 0.3) is 0 Å². The first-order chi connectivity index (χ1) is 6.79. The van der Waals surface area contributed by atoms with Crippen LogP contribution < -0.4 is 0 Å². The van der Waals surface area contributed by atoms with Crippen LogP contribution in [0.1, 0.15) is 20.8 Å². The van der Waals surface area contributed by atoms with Crippen molar-refractivity contribution < 1.29 is 24.4 Å². The molecule has 1 aliphatic heterocycles. The van der Waals surface area contributed by atoms with Crippen molar-refractivity contribution in [2.24, 2.45) is 5.41 Å². The minimum absolute atomic E-state index is 0.447. The van der Waals surface area contributed by atoms with Crippen molar-refractivity contribution in [1.82, 2.24) is 0 Å². The summed E-state index contributed by atoms with van der Waals surface area (Å²) in [6, 6.07) is 0. The molecule has 0 aromatic rings. The summed E-state index contributed by atoms with van der Waals surface area (Å²) in [5.74, 6) is 0. The minimum atomic E-state index is -1.78. The highest BCUT2D eigenvalue weighted by molar-refractivity contribution is 4.96. The molecule has 3 N–H and O–H groups in total. The maximum atomic E-state index is 13.5. The third kappa shape index (κ3) is 2.47. The molecule has 1 rings (SSSR count). The molecule has 5 atom stereocenters. The molecule has 5 heteroatoms. The normalized spacial score (nSPS) is 43.0. The van der Waals surface area contributed by atoms with E-state index in [0.29, 0.717) is 0 Å². The molecular formula is C10H19FO4. The van der Waals surface area contributed by atoms with E-state index in [1.165, 1.54) is 0 Å². The van der Waals surface area contributed by atoms with Gasteiger partial charge in [0.2, 0.25) is 0 Å². The molecule has 0 bridgehead atoms. The zero-order valence-electron chi connectivity index (χ0n) is 9.22. The topological polar surface area (TPSA) is 69.9 Å². The molecule has 90 valence electrons.